The average Bonchev–Trinajstić information content (AvgIpc) is 2.54. The zero-order valence-corrected chi connectivity index (χ0v) is 12.8. The zero-order chi connectivity index (χ0) is 16.6. The highest BCUT2D eigenvalue weighted by Crippen LogP contribution is 2.37. The van der Waals surface area contributed by atoms with E-state index in [1.54, 1.807) is 5.48 Å². The first kappa shape index (κ1) is 16.0. The molecule has 0 aliphatic carbocycles. The molecule has 2 aromatic rings. The van der Waals surface area contributed by atoms with E-state index in [-0.39, 0.29) is 15.8 Å². The standard InChI is InChI=1S/C14H14F3N3O2S/c15-14(16,17)8-6-9-11(10(7-8)19-22)23-13(18-12(9)21)20-4-2-1-3-5-20/h6-7,19,22H,1-5H2. The second-order valence-electron chi connectivity index (χ2n) is 5.36. The Labute approximate surface area is 133 Å². The smallest absolute Gasteiger partial charge is 0.348 e. The van der Waals surface area contributed by atoms with Crippen LogP contribution in [0.3, 0.4) is 0 Å². The van der Waals surface area contributed by atoms with Crippen molar-refractivity contribution in [1.29, 1.82) is 0 Å². The van der Waals surface area contributed by atoms with Crippen molar-refractivity contribution in [2.75, 3.05) is 23.5 Å². The van der Waals surface area contributed by atoms with Crippen molar-refractivity contribution in [3.8, 4) is 0 Å². The van der Waals surface area contributed by atoms with Crippen LogP contribution >= 0.6 is 11.3 Å². The molecule has 23 heavy (non-hydrogen) atoms. The lowest BCUT2D eigenvalue weighted by molar-refractivity contribution is -0.137. The van der Waals surface area contributed by atoms with E-state index in [1.165, 1.54) is 0 Å². The van der Waals surface area contributed by atoms with E-state index in [9.17, 15) is 23.2 Å². The first-order valence-electron chi connectivity index (χ1n) is 7.11. The Morgan fingerprint density at radius 2 is 1.91 bits per heavy atom. The summed E-state index contributed by atoms with van der Waals surface area (Å²) < 4.78 is 39.0. The topological polar surface area (TPSA) is 65.5 Å². The van der Waals surface area contributed by atoms with Gasteiger partial charge in [0.1, 0.15) is 0 Å². The highest BCUT2D eigenvalue weighted by Gasteiger charge is 2.32. The minimum atomic E-state index is -4.61. The number of nitrogens with one attached hydrogen (secondary N) is 1. The summed E-state index contributed by atoms with van der Waals surface area (Å²) in [5.41, 5.74) is -0.0980. The van der Waals surface area contributed by atoms with Crippen molar-refractivity contribution in [3.05, 3.63) is 28.0 Å². The van der Waals surface area contributed by atoms with Crippen molar-refractivity contribution in [3.63, 3.8) is 0 Å². The third-order valence-corrected chi connectivity index (χ3v) is 4.96. The Morgan fingerprint density at radius 3 is 2.52 bits per heavy atom. The highest BCUT2D eigenvalue weighted by molar-refractivity contribution is 7.22. The molecule has 0 radical (unpaired) electrons. The molecule has 5 nitrogen and oxygen atoms in total. The van der Waals surface area contributed by atoms with Crippen molar-refractivity contribution in [1.82, 2.24) is 4.98 Å². The lowest BCUT2D eigenvalue weighted by atomic mass is 10.1. The molecule has 1 saturated heterocycles. The van der Waals surface area contributed by atoms with Crippen LogP contribution in [0.4, 0.5) is 24.0 Å². The molecule has 1 fully saturated rings. The summed E-state index contributed by atoms with van der Waals surface area (Å²) in [7, 11) is 0. The van der Waals surface area contributed by atoms with Gasteiger partial charge in [-0.3, -0.25) is 15.5 Å². The van der Waals surface area contributed by atoms with Gasteiger partial charge in [0.05, 0.1) is 21.3 Å². The van der Waals surface area contributed by atoms with Gasteiger partial charge in [-0.05, 0) is 31.4 Å². The first-order valence-corrected chi connectivity index (χ1v) is 7.93. The predicted molar refractivity (Wildman–Crippen MR) is 82.4 cm³/mol. The summed E-state index contributed by atoms with van der Waals surface area (Å²) in [5.74, 6) is 0. The van der Waals surface area contributed by atoms with Crippen LogP contribution in [0.25, 0.3) is 10.1 Å². The van der Waals surface area contributed by atoms with E-state index >= 15 is 0 Å². The summed E-state index contributed by atoms with van der Waals surface area (Å²) >= 11 is 1.10. The summed E-state index contributed by atoms with van der Waals surface area (Å²) in [6, 6.07) is 1.57. The van der Waals surface area contributed by atoms with Crippen LogP contribution in [-0.2, 0) is 6.18 Å². The number of fused-ring (bicyclic) bond motifs is 1. The maximum atomic E-state index is 12.9. The Morgan fingerprint density at radius 1 is 1.22 bits per heavy atom. The van der Waals surface area contributed by atoms with Crippen LogP contribution < -0.4 is 15.9 Å². The van der Waals surface area contributed by atoms with E-state index in [0.29, 0.717) is 5.13 Å². The number of benzene rings is 1. The van der Waals surface area contributed by atoms with Gasteiger partial charge in [0.2, 0.25) is 0 Å². The van der Waals surface area contributed by atoms with Crippen molar-refractivity contribution in [2.45, 2.75) is 25.4 Å². The zero-order valence-electron chi connectivity index (χ0n) is 12.0. The van der Waals surface area contributed by atoms with Gasteiger partial charge < -0.3 is 4.90 Å². The van der Waals surface area contributed by atoms with Crippen LogP contribution in [-0.4, -0.2) is 23.3 Å². The summed E-state index contributed by atoms with van der Waals surface area (Å²) in [6.07, 6.45) is -1.53. The van der Waals surface area contributed by atoms with Crippen LogP contribution in [0.5, 0.6) is 0 Å². The predicted octanol–water partition coefficient (Wildman–Crippen LogP) is 3.47. The normalized spacial score (nSPS) is 15.9. The van der Waals surface area contributed by atoms with E-state index in [2.05, 4.69) is 4.98 Å². The number of hydrogen-bond donors (Lipinski definition) is 2. The molecule has 1 aliphatic rings. The van der Waals surface area contributed by atoms with E-state index < -0.39 is 17.3 Å². The number of alkyl halides is 3. The molecule has 3 rings (SSSR count). The molecule has 0 spiro atoms. The SMILES string of the molecule is O=c1nc(N2CCCCC2)sc2c(NO)cc(C(F)(F)F)cc12. The minimum absolute atomic E-state index is 0.141. The molecule has 9 heteroatoms. The van der Waals surface area contributed by atoms with Crippen LogP contribution in [0.1, 0.15) is 24.8 Å². The quantitative estimate of drug-likeness (QED) is 0.816. The van der Waals surface area contributed by atoms with E-state index in [4.69, 9.17) is 0 Å². The molecule has 1 aromatic carbocycles. The van der Waals surface area contributed by atoms with Gasteiger partial charge in [-0.2, -0.15) is 18.2 Å². The molecule has 0 bridgehead atoms. The molecular formula is C14H14F3N3O2S. The van der Waals surface area contributed by atoms with Gasteiger partial charge in [0.15, 0.2) is 5.13 Å². The van der Waals surface area contributed by atoms with Crippen LogP contribution in [0, 0.1) is 0 Å². The maximum absolute atomic E-state index is 12.9. The molecule has 0 amide bonds. The van der Waals surface area contributed by atoms with Crippen molar-refractivity contribution >= 4 is 32.2 Å². The van der Waals surface area contributed by atoms with Crippen molar-refractivity contribution < 1.29 is 18.4 Å². The highest BCUT2D eigenvalue weighted by atomic mass is 32.1. The van der Waals surface area contributed by atoms with Gasteiger partial charge in [-0.1, -0.05) is 11.3 Å². The van der Waals surface area contributed by atoms with Gasteiger partial charge >= 0.3 is 6.18 Å². The Bertz CT molecular complexity index is 785. The summed E-state index contributed by atoms with van der Waals surface area (Å²) in [5, 5.41) is 9.49. The Hall–Kier alpha value is -1.87. The van der Waals surface area contributed by atoms with Gasteiger partial charge in [-0.15, -0.1) is 0 Å². The van der Waals surface area contributed by atoms with Gasteiger partial charge in [0, 0.05) is 13.1 Å². The average molecular weight is 345 g/mol. The maximum Gasteiger partial charge on any atom is 0.416 e. The fraction of sp³-hybridized carbons (Fsp3) is 0.429. The van der Waals surface area contributed by atoms with Crippen LogP contribution in [0.15, 0.2) is 16.9 Å². The molecule has 2 N–H and O–H groups in total. The number of nitrogens with zero attached hydrogens (tertiary/aromatic N) is 2. The van der Waals surface area contributed by atoms with E-state index in [0.717, 1.165) is 55.8 Å². The lowest BCUT2D eigenvalue weighted by Crippen LogP contribution is -2.30. The van der Waals surface area contributed by atoms with Crippen LogP contribution in [0.2, 0.25) is 0 Å². The molecule has 2 heterocycles. The fourth-order valence-corrected chi connectivity index (χ4v) is 3.72. The second kappa shape index (κ2) is 5.97. The largest absolute Gasteiger partial charge is 0.416 e. The number of rotatable bonds is 2. The molecular weight excluding hydrogens is 331 g/mol. The summed E-state index contributed by atoms with van der Waals surface area (Å²) in [6.45, 7) is 1.52. The fourth-order valence-electron chi connectivity index (χ4n) is 2.63. The Kier molecular flexibility index (Phi) is 4.15. The monoisotopic (exact) mass is 345 g/mol. The second-order valence-corrected chi connectivity index (χ2v) is 6.34. The number of hydrogen-bond acceptors (Lipinski definition) is 6. The minimum Gasteiger partial charge on any atom is -0.348 e. The Balaban J connectivity index is 2.18. The number of anilines is 2. The first-order chi connectivity index (χ1) is 10.9. The molecule has 0 atom stereocenters. The van der Waals surface area contributed by atoms with Crippen molar-refractivity contribution in [2.24, 2.45) is 0 Å². The number of aromatic nitrogens is 1. The third kappa shape index (κ3) is 3.11. The number of piperidine rings is 1. The number of halogens is 3. The lowest BCUT2D eigenvalue weighted by Gasteiger charge is -2.27. The van der Waals surface area contributed by atoms with E-state index in [1.807, 2.05) is 4.90 Å². The van der Waals surface area contributed by atoms with Gasteiger partial charge in [0.25, 0.3) is 5.56 Å². The molecule has 0 saturated carbocycles. The molecule has 1 aliphatic heterocycles. The third-order valence-electron chi connectivity index (χ3n) is 3.78. The van der Waals surface area contributed by atoms with Gasteiger partial charge in [-0.25, -0.2) is 0 Å². The molecule has 124 valence electrons. The molecule has 1 aromatic heterocycles. The summed E-state index contributed by atoms with van der Waals surface area (Å²) in [4.78, 5) is 18.1. The molecule has 0 unspecified atom stereocenters.